The molecule has 0 aliphatic heterocycles. The molecule has 0 aliphatic rings. The van der Waals surface area contributed by atoms with Gasteiger partial charge >= 0.3 is 6.18 Å². The summed E-state index contributed by atoms with van der Waals surface area (Å²) in [6, 6.07) is 7.32. The maximum atomic E-state index is 12.8. The maximum Gasteiger partial charge on any atom is 0.418 e. The van der Waals surface area contributed by atoms with Crippen LogP contribution in [0.5, 0.6) is 0 Å². The zero-order chi connectivity index (χ0) is 14.8. The summed E-state index contributed by atoms with van der Waals surface area (Å²) in [6.45, 7) is 0. The van der Waals surface area contributed by atoms with Gasteiger partial charge in [-0.3, -0.25) is 10.1 Å². The number of para-hydroxylation sites is 1. The van der Waals surface area contributed by atoms with Crippen LogP contribution in [0.2, 0.25) is 0 Å². The van der Waals surface area contributed by atoms with Gasteiger partial charge in [-0.25, -0.2) is 4.98 Å². The van der Waals surface area contributed by atoms with E-state index in [-0.39, 0.29) is 17.2 Å². The molecule has 2 rings (SSSR count). The molecule has 0 bridgehead atoms. The molecular formula is C12H8F3N3O2. The van der Waals surface area contributed by atoms with E-state index in [1.54, 1.807) is 0 Å². The molecule has 0 unspecified atom stereocenters. The van der Waals surface area contributed by atoms with E-state index in [1.165, 1.54) is 24.3 Å². The normalized spacial score (nSPS) is 11.2. The Morgan fingerprint density at radius 3 is 2.40 bits per heavy atom. The summed E-state index contributed by atoms with van der Waals surface area (Å²) in [7, 11) is 0. The smallest absolute Gasteiger partial charge is 0.340 e. The van der Waals surface area contributed by atoms with Gasteiger partial charge in [0.25, 0.3) is 5.69 Å². The third-order valence-corrected chi connectivity index (χ3v) is 2.45. The van der Waals surface area contributed by atoms with Gasteiger partial charge < -0.3 is 5.32 Å². The minimum atomic E-state index is -4.50. The molecule has 0 spiro atoms. The van der Waals surface area contributed by atoms with Crippen LogP contribution in [0.1, 0.15) is 5.56 Å². The number of nitrogens with zero attached hydrogens (tertiary/aromatic N) is 2. The number of aromatic nitrogens is 1. The highest BCUT2D eigenvalue weighted by atomic mass is 19.4. The van der Waals surface area contributed by atoms with E-state index in [4.69, 9.17) is 0 Å². The second-order valence-electron chi connectivity index (χ2n) is 3.83. The molecule has 8 heteroatoms. The van der Waals surface area contributed by atoms with Crippen LogP contribution in [0.3, 0.4) is 0 Å². The molecule has 20 heavy (non-hydrogen) atoms. The number of anilines is 2. The van der Waals surface area contributed by atoms with Crippen molar-refractivity contribution in [3.8, 4) is 0 Å². The fourth-order valence-electron chi connectivity index (χ4n) is 1.55. The Bertz CT molecular complexity index is 627. The molecule has 5 nitrogen and oxygen atoms in total. The van der Waals surface area contributed by atoms with Gasteiger partial charge in [0.2, 0.25) is 0 Å². The van der Waals surface area contributed by atoms with Crippen LogP contribution in [0.15, 0.2) is 42.6 Å². The van der Waals surface area contributed by atoms with Crippen molar-refractivity contribution in [1.29, 1.82) is 0 Å². The van der Waals surface area contributed by atoms with Crippen molar-refractivity contribution in [2.24, 2.45) is 0 Å². The predicted octanol–water partition coefficient (Wildman–Crippen LogP) is 3.75. The van der Waals surface area contributed by atoms with Crippen LogP contribution in [-0.4, -0.2) is 9.91 Å². The van der Waals surface area contributed by atoms with E-state index >= 15 is 0 Å². The highest BCUT2D eigenvalue weighted by Gasteiger charge is 2.33. The Morgan fingerprint density at radius 2 is 1.85 bits per heavy atom. The Labute approximate surface area is 111 Å². The highest BCUT2D eigenvalue weighted by molar-refractivity contribution is 5.61. The highest BCUT2D eigenvalue weighted by Crippen LogP contribution is 2.35. The first-order valence-corrected chi connectivity index (χ1v) is 5.41. The van der Waals surface area contributed by atoms with E-state index in [9.17, 15) is 23.3 Å². The van der Waals surface area contributed by atoms with Gasteiger partial charge in [0.15, 0.2) is 0 Å². The van der Waals surface area contributed by atoms with Crippen molar-refractivity contribution in [3.63, 3.8) is 0 Å². The molecule has 0 radical (unpaired) electrons. The van der Waals surface area contributed by atoms with E-state index in [2.05, 4.69) is 10.3 Å². The molecule has 1 aromatic heterocycles. The molecule has 1 aromatic carbocycles. The fourth-order valence-corrected chi connectivity index (χ4v) is 1.55. The third-order valence-electron chi connectivity index (χ3n) is 2.45. The van der Waals surface area contributed by atoms with Crippen LogP contribution in [0, 0.1) is 10.1 Å². The molecule has 0 atom stereocenters. The van der Waals surface area contributed by atoms with Gasteiger partial charge in [-0.05, 0) is 18.2 Å². The van der Waals surface area contributed by atoms with E-state index in [0.717, 1.165) is 18.3 Å². The van der Waals surface area contributed by atoms with Gasteiger partial charge in [-0.1, -0.05) is 12.1 Å². The second-order valence-corrected chi connectivity index (χ2v) is 3.83. The monoisotopic (exact) mass is 283 g/mol. The first kappa shape index (κ1) is 13.8. The largest absolute Gasteiger partial charge is 0.418 e. The first-order valence-electron chi connectivity index (χ1n) is 5.41. The molecule has 0 amide bonds. The zero-order valence-electron chi connectivity index (χ0n) is 9.89. The number of alkyl halides is 3. The number of nitrogens with one attached hydrogen (secondary N) is 1. The number of hydrogen-bond acceptors (Lipinski definition) is 4. The van der Waals surface area contributed by atoms with Crippen molar-refractivity contribution < 1.29 is 18.1 Å². The number of benzene rings is 1. The van der Waals surface area contributed by atoms with Crippen molar-refractivity contribution in [2.75, 3.05) is 5.32 Å². The summed E-state index contributed by atoms with van der Waals surface area (Å²) < 4.78 is 38.3. The Balaban J connectivity index is 2.28. The number of halogens is 3. The summed E-state index contributed by atoms with van der Waals surface area (Å²) in [5, 5.41) is 12.9. The summed E-state index contributed by atoms with van der Waals surface area (Å²) in [6.07, 6.45) is -3.52. The predicted molar refractivity (Wildman–Crippen MR) is 65.6 cm³/mol. The maximum absolute atomic E-state index is 12.8. The average molecular weight is 283 g/mol. The quantitative estimate of drug-likeness (QED) is 0.688. The van der Waals surface area contributed by atoms with Crippen molar-refractivity contribution in [3.05, 3.63) is 58.3 Å². The van der Waals surface area contributed by atoms with E-state index in [0.29, 0.717) is 0 Å². The van der Waals surface area contributed by atoms with Crippen molar-refractivity contribution in [1.82, 2.24) is 4.98 Å². The molecule has 104 valence electrons. The van der Waals surface area contributed by atoms with Gasteiger partial charge in [-0.2, -0.15) is 13.2 Å². The number of rotatable bonds is 3. The van der Waals surface area contributed by atoms with Crippen LogP contribution in [0.4, 0.5) is 30.4 Å². The van der Waals surface area contributed by atoms with E-state index < -0.39 is 16.7 Å². The van der Waals surface area contributed by atoms with Crippen LogP contribution >= 0.6 is 0 Å². The molecule has 1 N–H and O–H groups in total. The lowest BCUT2D eigenvalue weighted by Crippen LogP contribution is -2.08. The topological polar surface area (TPSA) is 68.1 Å². The van der Waals surface area contributed by atoms with Crippen LogP contribution < -0.4 is 5.32 Å². The standard InChI is InChI=1S/C12H8F3N3O2/c13-12(14,15)9-3-1-2-4-10(9)17-11-6-5-8(7-16-11)18(19)20/h1-7H,(H,16,17). The van der Waals surface area contributed by atoms with Crippen LogP contribution in [-0.2, 0) is 6.18 Å². The minimum absolute atomic E-state index is 0.0901. The lowest BCUT2D eigenvalue weighted by atomic mass is 10.1. The molecule has 0 aliphatic carbocycles. The fraction of sp³-hybridized carbons (Fsp3) is 0.0833. The SMILES string of the molecule is O=[N+]([O-])c1ccc(Nc2ccccc2C(F)(F)F)nc1. The third kappa shape index (κ3) is 3.02. The summed E-state index contributed by atoms with van der Waals surface area (Å²) in [5.41, 5.74) is -1.24. The Kier molecular flexibility index (Phi) is 3.55. The second kappa shape index (κ2) is 5.16. The summed E-state index contributed by atoms with van der Waals surface area (Å²) in [4.78, 5) is 13.5. The summed E-state index contributed by atoms with van der Waals surface area (Å²) in [5.74, 6) is 0.0901. The van der Waals surface area contributed by atoms with Crippen LogP contribution in [0.25, 0.3) is 0 Å². The van der Waals surface area contributed by atoms with Gasteiger partial charge in [0.1, 0.15) is 12.0 Å². The number of hydrogen-bond donors (Lipinski definition) is 1. The van der Waals surface area contributed by atoms with Gasteiger partial charge in [0, 0.05) is 6.07 Å². The lowest BCUT2D eigenvalue weighted by molar-refractivity contribution is -0.385. The first-order chi connectivity index (χ1) is 9.38. The molecule has 0 fully saturated rings. The number of nitro groups is 1. The molecule has 1 heterocycles. The van der Waals surface area contributed by atoms with Gasteiger partial charge in [0.05, 0.1) is 16.2 Å². The molecule has 2 aromatic rings. The van der Waals surface area contributed by atoms with E-state index in [1.807, 2.05) is 0 Å². The van der Waals surface area contributed by atoms with Crippen molar-refractivity contribution in [2.45, 2.75) is 6.18 Å². The molecule has 0 saturated heterocycles. The average Bonchev–Trinajstić information content (AvgIpc) is 2.38. The van der Waals surface area contributed by atoms with Crippen molar-refractivity contribution >= 4 is 17.2 Å². The molecular weight excluding hydrogens is 275 g/mol. The number of pyridine rings is 1. The molecule has 0 saturated carbocycles. The zero-order valence-corrected chi connectivity index (χ0v) is 9.89. The lowest BCUT2D eigenvalue weighted by Gasteiger charge is -2.13. The minimum Gasteiger partial charge on any atom is -0.340 e. The Morgan fingerprint density at radius 1 is 1.15 bits per heavy atom. The Hall–Kier alpha value is -2.64. The van der Waals surface area contributed by atoms with Gasteiger partial charge in [-0.15, -0.1) is 0 Å². The summed E-state index contributed by atoms with van der Waals surface area (Å²) >= 11 is 0.